The Kier molecular flexibility index (Phi) is 9.92. The van der Waals surface area contributed by atoms with Crippen molar-refractivity contribution in [2.24, 2.45) is 4.99 Å². The minimum atomic E-state index is -0.313. The predicted octanol–water partition coefficient (Wildman–Crippen LogP) is 2.70. The van der Waals surface area contributed by atoms with Crippen molar-refractivity contribution in [3.63, 3.8) is 0 Å². The second-order valence-electron chi connectivity index (χ2n) is 5.60. The van der Waals surface area contributed by atoms with Crippen LogP contribution in [0.15, 0.2) is 33.8 Å². The Hall–Kier alpha value is -1.91. The van der Waals surface area contributed by atoms with E-state index in [1.54, 1.807) is 26.1 Å². The van der Waals surface area contributed by atoms with Crippen LogP contribution in [0.25, 0.3) is 0 Å². The van der Waals surface area contributed by atoms with Gasteiger partial charge in [0, 0.05) is 26.1 Å². The van der Waals surface area contributed by atoms with Crippen LogP contribution in [-0.2, 0) is 6.42 Å². The monoisotopic (exact) mass is 477 g/mol. The van der Waals surface area contributed by atoms with Crippen LogP contribution >= 0.6 is 24.0 Å². The third-order valence-corrected chi connectivity index (χ3v) is 3.34. The maximum Gasteiger partial charge on any atom is 0.226 e. The number of nitrogens with zero attached hydrogens (tertiary/aromatic N) is 3. The van der Waals surface area contributed by atoms with Gasteiger partial charge in [0.25, 0.3) is 0 Å². The van der Waals surface area contributed by atoms with E-state index in [0.717, 1.165) is 13.0 Å². The minimum absolute atomic E-state index is 0. The zero-order chi connectivity index (χ0) is 18.1. The minimum Gasteiger partial charge on any atom is -0.489 e. The smallest absolute Gasteiger partial charge is 0.226 e. The maximum absolute atomic E-state index is 13.1. The zero-order valence-electron chi connectivity index (χ0n) is 15.2. The number of ether oxygens (including phenoxy) is 1. The molecule has 0 fully saturated rings. The Morgan fingerprint density at radius 3 is 2.85 bits per heavy atom. The summed E-state index contributed by atoms with van der Waals surface area (Å²) in [5.74, 6) is 2.15. The zero-order valence-corrected chi connectivity index (χ0v) is 17.5. The number of rotatable bonds is 8. The lowest BCUT2D eigenvalue weighted by Crippen LogP contribution is -2.42. The molecule has 1 atom stereocenters. The van der Waals surface area contributed by atoms with Crippen molar-refractivity contribution in [2.45, 2.75) is 32.8 Å². The molecule has 7 nitrogen and oxygen atoms in total. The van der Waals surface area contributed by atoms with Crippen molar-refractivity contribution >= 4 is 29.9 Å². The van der Waals surface area contributed by atoms with Crippen molar-refractivity contribution in [1.82, 2.24) is 20.8 Å². The Morgan fingerprint density at radius 1 is 1.38 bits per heavy atom. The van der Waals surface area contributed by atoms with Crippen molar-refractivity contribution in [3.05, 3.63) is 41.8 Å². The topological polar surface area (TPSA) is 84.6 Å². The molecule has 144 valence electrons. The first-order chi connectivity index (χ1) is 12.1. The number of halogens is 2. The molecule has 0 aliphatic heterocycles. The standard InChI is InChI=1S/C17H24FN5O2.HI/c1-12(24-15-7-4-6-14(18)10-15)11-21-17(19-3)20-9-5-8-16-22-13(2)23-25-16;/h4,6-7,10,12H,5,8-9,11H2,1-3H3,(H2,19,20,21);1H. The second-order valence-corrected chi connectivity index (χ2v) is 5.60. The number of hydrogen-bond donors (Lipinski definition) is 2. The Morgan fingerprint density at radius 2 is 2.19 bits per heavy atom. The third-order valence-electron chi connectivity index (χ3n) is 3.34. The highest BCUT2D eigenvalue weighted by molar-refractivity contribution is 14.0. The number of benzene rings is 1. The summed E-state index contributed by atoms with van der Waals surface area (Å²) in [5.41, 5.74) is 0. The van der Waals surface area contributed by atoms with Crippen LogP contribution in [0.3, 0.4) is 0 Å². The van der Waals surface area contributed by atoms with Gasteiger partial charge in [-0.1, -0.05) is 11.2 Å². The van der Waals surface area contributed by atoms with Gasteiger partial charge in [-0.15, -0.1) is 24.0 Å². The fraction of sp³-hybridized carbons (Fsp3) is 0.471. The number of nitrogens with one attached hydrogen (secondary N) is 2. The summed E-state index contributed by atoms with van der Waals surface area (Å²) < 4.78 is 23.9. The summed E-state index contributed by atoms with van der Waals surface area (Å²) in [6.45, 7) is 4.96. The summed E-state index contributed by atoms with van der Waals surface area (Å²) in [6, 6.07) is 6.10. The van der Waals surface area contributed by atoms with E-state index in [1.807, 2.05) is 6.92 Å². The van der Waals surface area contributed by atoms with Crippen LogP contribution in [0.2, 0.25) is 0 Å². The van der Waals surface area contributed by atoms with Crippen molar-refractivity contribution in [2.75, 3.05) is 20.1 Å². The van der Waals surface area contributed by atoms with E-state index in [4.69, 9.17) is 9.26 Å². The molecular formula is C17H25FIN5O2. The highest BCUT2D eigenvalue weighted by atomic mass is 127. The molecule has 2 aromatic rings. The van der Waals surface area contributed by atoms with Crippen LogP contribution in [-0.4, -0.2) is 42.3 Å². The second kappa shape index (κ2) is 11.7. The lowest BCUT2D eigenvalue weighted by atomic mass is 10.3. The Balaban J connectivity index is 0.00000338. The molecule has 1 aromatic heterocycles. The van der Waals surface area contributed by atoms with Gasteiger partial charge in [-0.05, 0) is 32.4 Å². The van der Waals surface area contributed by atoms with Crippen LogP contribution in [0, 0.1) is 12.7 Å². The fourth-order valence-corrected chi connectivity index (χ4v) is 2.16. The number of guanidine groups is 1. The van der Waals surface area contributed by atoms with Gasteiger partial charge >= 0.3 is 0 Å². The average molecular weight is 477 g/mol. The number of aromatic nitrogens is 2. The van der Waals surface area contributed by atoms with E-state index >= 15 is 0 Å². The predicted molar refractivity (Wildman–Crippen MR) is 109 cm³/mol. The summed E-state index contributed by atoms with van der Waals surface area (Å²) >= 11 is 0. The molecule has 2 N–H and O–H groups in total. The van der Waals surface area contributed by atoms with Gasteiger partial charge in [0.2, 0.25) is 5.89 Å². The molecule has 0 aliphatic rings. The van der Waals surface area contributed by atoms with E-state index < -0.39 is 0 Å². The van der Waals surface area contributed by atoms with Gasteiger partial charge in [0.1, 0.15) is 17.7 Å². The first-order valence-corrected chi connectivity index (χ1v) is 8.22. The van der Waals surface area contributed by atoms with Crippen LogP contribution in [0.5, 0.6) is 5.75 Å². The first kappa shape index (κ1) is 22.1. The molecule has 26 heavy (non-hydrogen) atoms. The van der Waals surface area contributed by atoms with Crippen LogP contribution in [0.4, 0.5) is 4.39 Å². The third kappa shape index (κ3) is 7.98. The molecule has 1 heterocycles. The lowest BCUT2D eigenvalue weighted by molar-refractivity contribution is 0.223. The van der Waals surface area contributed by atoms with Crippen molar-refractivity contribution in [3.8, 4) is 5.75 Å². The van der Waals surface area contributed by atoms with E-state index in [9.17, 15) is 4.39 Å². The Bertz CT molecular complexity index is 695. The van der Waals surface area contributed by atoms with Gasteiger partial charge in [-0.25, -0.2) is 4.39 Å². The van der Waals surface area contributed by atoms with Crippen LogP contribution < -0.4 is 15.4 Å². The molecule has 2 rings (SSSR count). The number of aliphatic imine (C=N–C) groups is 1. The fourth-order valence-electron chi connectivity index (χ4n) is 2.16. The van der Waals surface area contributed by atoms with Crippen molar-refractivity contribution < 1.29 is 13.7 Å². The molecule has 0 radical (unpaired) electrons. The summed E-state index contributed by atoms with van der Waals surface area (Å²) in [5, 5.41) is 10.1. The summed E-state index contributed by atoms with van der Waals surface area (Å²) in [4.78, 5) is 8.32. The normalized spacial score (nSPS) is 12.2. The van der Waals surface area contributed by atoms with Crippen molar-refractivity contribution in [1.29, 1.82) is 0 Å². The van der Waals surface area contributed by atoms with E-state index in [1.165, 1.54) is 12.1 Å². The van der Waals surface area contributed by atoms with Gasteiger partial charge in [-0.2, -0.15) is 4.98 Å². The summed E-state index contributed by atoms with van der Waals surface area (Å²) in [7, 11) is 1.70. The lowest BCUT2D eigenvalue weighted by Gasteiger charge is -2.17. The molecule has 9 heteroatoms. The molecule has 0 saturated heterocycles. The van der Waals surface area contributed by atoms with Gasteiger partial charge in [0.15, 0.2) is 11.8 Å². The maximum atomic E-state index is 13.1. The average Bonchev–Trinajstić information content (AvgIpc) is 2.99. The molecule has 0 bridgehead atoms. The molecular weight excluding hydrogens is 452 g/mol. The van der Waals surface area contributed by atoms with Crippen LogP contribution in [0.1, 0.15) is 25.1 Å². The highest BCUT2D eigenvalue weighted by Crippen LogP contribution is 2.13. The largest absolute Gasteiger partial charge is 0.489 e. The quantitative estimate of drug-likeness (QED) is 0.263. The number of hydrogen-bond acceptors (Lipinski definition) is 5. The molecule has 0 spiro atoms. The van der Waals surface area contributed by atoms with Gasteiger partial charge in [-0.3, -0.25) is 4.99 Å². The van der Waals surface area contributed by atoms with Gasteiger partial charge in [0.05, 0.1) is 6.54 Å². The van der Waals surface area contributed by atoms with Gasteiger partial charge < -0.3 is 19.9 Å². The molecule has 1 unspecified atom stereocenters. The molecule has 0 saturated carbocycles. The molecule has 1 aromatic carbocycles. The van der Waals surface area contributed by atoms with E-state index in [0.29, 0.717) is 36.4 Å². The first-order valence-electron chi connectivity index (χ1n) is 8.22. The number of aryl methyl sites for hydroxylation is 2. The highest BCUT2D eigenvalue weighted by Gasteiger charge is 2.07. The van der Waals surface area contributed by atoms with E-state index in [2.05, 4.69) is 25.8 Å². The SMILES string of the molecule is CN=C(NCCCc1nc(C)no1)NCC(C)Oc1cccc(F)c1.I. The Labute approximate surface area is 169 Å². The molecule has 0 amide bonds. The van der Waals surface area contributed by atoms with E-state index in [-0.39, 0.29) is 35.9 Å². The molecule has 0 aliphatic carbocycles. The summed E-state index contributed by atoms with van der Waals surface area (Å²) in [6.07, 6.45) is 1.42.